The Bertz CT molecular complexity index is 422. The summed E-state index contributed by atoms with van der Waals surface area (Å²) >= 11 is 0. The lowest BCUT2D eigenvalue weighted by molar-refractivity contribution is 0.189. The molecule has 1 aromatic rings. The molecular weight excluding hydrogens is 253 g/mol. The van der Waals surface area contributed by atoms with Crippen LogP contribution in [0.1, 0.15) is 33.3 Å². The second-order valence-electron chi connectivity index (χ2n) is 5.87. The van der Waals surface area contributed by atoms with E-state index in [-0.39, 0.29) is 0 Å². The van der Waals surface area contributed by atoms with Gasteiger partial charge in [0.05, 0.1) is 7.11 Å². The quantitative estimate of drug-likeness (QED) is 0.737. The summed E-state index contributed by atoms with van der Waals surface area (Å²) in [6.07, 6.45) is 0. The van der Waals surface area contributed by atoms with E-state index in [0.717, 1.165) is 18.7 Å². The summed E-state index contributed by atoms with van der Waals surface area (Å²) in [5.74, 6) is 1.10. The number of hydrogen-bond acceptors (Lipinski definition) is 4. The van der Waals surface area contributed by atoms with Crippen LogP contribution in [0.15, 0.2) is 18.2 Å². The molecule has 2 N–H and O–H groups in total. The van der Waals surface area contributed by atoms with Crippen LogP contribution in [0.3, 0.4) is 0 Å². The van der Waals surface area contributed by atoms with Crippen LogP contribution in [0.4, 0.5) is 0 Å². The number of methoxy groups -OCH3 is 1. The number of ether oxygens (including phenoxy) is 1. The molecule has 0 bridgehead atoms. The molecule has 1 aromatic carbocycles. The largest absolute Gasteiger partial charge is 0.497 e. The third-order valence-electron chi connectivity index (χ3n) is 3.29. The second kappa shape index (κ2) is 7.67. The summed E-state index contributed by atoms with van der Waals surface area (Å²) in [4.78, 5) is 2.38. The third-order valence-corrected chi connectivity index (χ3v) is 3.29. The summed E-state index contributed by atoms with van der Waals surface area (Å²) in [5, 5.41) is 18.8. The van der Waals surface area contributed by atoms with Crippen molar-refractivity contribution in [2.24, 2.45) is 5.92 Å². The Balaban J connectivity index is 2.93. The van der Waals surface area contributed by atoms with Crippen molar-refractivity contribution in [2.75, 3.05) is 13.7 Å². The summed E-state index contributed by atoms with van der Waals surface area (Å²) in [6, 6.07) is 6.01. The maximum Gasteiger partial charge on any atom is 0.492 e. The van der Waals surface area contributed by atoms with Crippen LogP contribution in [0, 0.1) is 5.92 Å². The normalized spacial score (nSPS) is 11.5. The zero-order valence-electron chi connectivity index (χ0n) is 13.1. The van der Waals surface area contributed by atoms with Crippen LogP contribution in [0.2, 0.25) is 0 Å². The highest BCUT2D eigenvalue weighted by Gasteiger charge is 2.19. The van der Waals surface area contributed by atoms with Gasteiger partial charge in [0.1, 0.15) is 5.75 Å². The van der Waals surface area contributed by atoms with Crippen LogP contribution < -0.4 is 10.2 Å². The Morgan fingerprint density at radius 1 is 1.20 bits per heavy atom. The Morgan fingerprint density at radius 3 is 2.30 bits per heavy atom. The van der Waals surface area contributed by atoms with E-state index in [1.165, 1.54) is 7.11 Å². The van der Waals surface area contributed by atoms with Crippen molar-refractivity contribution in [3.8, 4) is 5.75 Å². The zero-order valence-corrected chi connectivity index (χ0v) is 13.1. The minimum absolute atomic E-state index is 0.415. The Hall–Kier alpha value is -1.04. The van der Waals surface area contributed by atoms with Gasteiger partial charge in [-0.25, -0.2) is 0 Å². The average Bonchev–Trinajstić information content (AvgIpc) is 2.37. The highest BCUT2D eigenvalue weighted by molar-refractivity contribution is 6.59. The van der Waals surface area contributed by atoms with Crippen molar-refractivity contribution in [2.45, 2.75) is 40.3 Å². The molecule has 0 spiro atoms. The molecule has 0 unspecified atom stereocenters. The second-order valence-corrected chi connectivity index (χ2v) is 5.87. The molecule has 0 radical (unpaired) electrons. The number of benzene rings is 1. The fourth-order valence-corrected chi connectivity index (χ4v) is 2.25. The fraction of sp³-hybridized carbons (Fsp3) is 0.600. The predicted molar refractivity (Wildman–Crippen MR) is 83.2 cm³/mol. The van der Waals surface area contributed by atoms with Gasteiger partial charge >= 0.3 is 7.12 Å². The van der Waals surface area contributed by atoms with Gasteiger partial charge in [0.15, 0.2) is 0 Å². The highest BCUT2D eigenvalue weighted by Crippen LogP contribution is 2.14. The van der Waals surface area contributed by atoms with Gasteiger partial charge in [-0.1, -0.05) is 26.0 Å². The van der Waals surface area contributed by atoms with Gasteiger partial charge in [0, 0.05) is 24.6 Å². The molecule has 5 heteroatoms. The predicted octanol–water partition coefficient (Wildman–Crippen LogP) is 1.24. The molecule has 4 nitrogen and oxygen atoms in total. The minimum Gasteiger partial charge on any atom is -0.497 e. The van der Waals surface area contributed by atoms with Crippen LogP contribution in [0.25, 0.3) is 0 Å². The van der Waals surface area contributed by atoms with Crippen LogP contribution in [0.5, 0.6) is 5.75 Å². The smallest absolute Gasteiger partial charge is 0.492 e. The molecule has 0 saturated carbocycles. The summed E-state index contributed by atoms with van der Waals surface area (Å²) in [5.41, 5.74) is 1.47. The van der Waals surface area contributed by atoms with Crippen LogP contribution in [-0.4, -0.2) is 41.8 Å². The van der Waals surface area contributed by atoms with E-state index in [1.807, 2.05) is 6.07 Å². The van der Waals surface area contributed by atoms with Crippen LogP contribution >= 0.6 is 0 Å². The molecule has 112 valence electrons. The van der Waals surface area contributed by atoms with E-state index in [4.69, 9.17) is 4.74 Å². The minimum atomic E-state index is -1.51. The summed E-state index contributed by atoms with van der Waals surface area (Å²) < 4.78 is 5.15. The standard InChI is InChI=1S/C15H26BNO3/c1-11(2)9-17(12(3)4)10-13-6-7-15(20-5)14(8-13)16(18)19/h6-8,11-12,18-19H,9-10H2,1-5H3. The van der Waals surface area contributed by atoms with Crippen molar-refractivity contribution in [1.82, 2.24) is 4.90 Å². The Morgan fingerprint density at radius 2 is 1.85 bits per heavy atom. The van der Waals surface area contributed by atoms with Crippen molar-refractivity contribution in [3.63, 3.8) is 0 Å². The molecule has 0 aliphatic rings. The van der Waals surface area contributed by atoms with Gasteiger partial charge < -0.3 is 14.8 Å². The van der Waals surface area contributed by atoms with E-state index in [2.05, 4.69) is 32.6 Å². The monoisotopic (exact) mass is 279 g/mol. The lowest BCUT2D eigenvalue weighted by Crippen LogP contribution is -2.35. The number of nitrogens with zero attached hydrogens (tertiary/aromatic N) is 1. The lowest BCUT2D eigenvalue weighted by Gasteiger charge is -2.28. The molecular formula is C15H26BNO3. The summed E-state index contributed by atoms with van der Waals surface area (Å²) in [7, 11) is 0.0163. The van der Waals surface area contributed by atoms with E-state index >= 15 is 0 Å². The summed E-state index contributed by atoms with van der Waals surface area (Å²) in [6.45, 7) is 10.6. The molecule has 0 saturated heterocycles. The first-order valence-electron chi connectivity index (χ1n) is 7.12. The molecule has 1 rings (SSSR count). The van der Waals surface area contributed by atoms with E-state index in [0.29, 0.717) is 23.2 Å². The first kappa shape index (κ1) is 17.0. The third kappa shape index (κ3) is 4.82. The van der Waals surface area contributed by atoms with E-state index in [1.54, 1.807) is 12.1 Å². The molecule has 0 aromatic heterocycles. The Kier molecular flexibility index (Phi) is 6.53. The van der Waals surface area contributed by atoms with Crippen LogP contribution in [-0.2, 0) is 6.54 Å². The molecule has 0 aliphatic carbocycles. The van der Waals surface area contributed by atoms with Crippen molar-refractivity contribution in [1.29, 1.82) is 0 Å². The zero-order chi connectivity index (χ0) is 15.3. The lowest BCUT2D eigenvalue weighted by atomic mass is 9.78. The fourth-order valence-electron chi connectivity index (χ4n) is 2.25. The first-order chi connectivity index (χ1) is 9.35. The van der Waals surface area contributed by atoms with Gasteiger partial charge in [-0.15, -0.1) is 0 Å². The molecule has 0 aliphatic heterocycles. The topological polar surface area (TPSA) is 52.9 Å². The molecule has 0 fully saturated rings. The molecule has 0 amide bonds. The van der Waals surface area contributed by atoms with Gasteiger partial charge in [-0.3, -0.25) is 4.90 Å². The first-order valence-corrected chi connectivity index (χ1v) is 7.12. The van der Waals surface area contributed by atoms with Gasteiger partial charge in [0.25, 0.3) is 0 Å². The van der Waals surface area contributed by atoms with Gasteiger partial charge in [0.2, 0.25) is 0 Å². The van der Waals surface area contributed by atoms with E-state index in [9.17, 15) is 10.0 Å². The van der Waals surface area contributed by atoms with Crippen molar-refractivity contribution >= 4 is 12.6 Å². The maximum atomic E-state index is 9.41. The van der Waals surface area contributed by atoms with Crippen molar-refractivity contribution < 1.29 is 14.8 Å². The average molecular weight is 279 g/mol. The molecule has 0 atom stereocenters. The maximum absolute atomic E-state index is 9.41. The molecule has 20 heavy (non-hydrogen) atoms. The van der Waals surface area contributed by atoms with E-state index < -0.39 is 7.12 Å². The SMILES string of the molecule is COc1ccc(CN(CC(C)C)C(C)C)cc1B(O)O. The highest BCUT2D eigenvalue weighted by atomic mass is 16.5. The number of hydrogen-bond donors (Lipinski definition) is 2. The Labute approximate surface area is 122 Å². The number of rotatable bonds is 7. The van der Waals surface area contributed by atoms with Crippen molar-refractivity contribution in [3.05, 3.63) is 23.8 Å². The van der Waals surface area contributed by atoms with Gasteiger partial charge in [-0.05, 0) is 31.4 Å². The molecule has 0 heterocycles. The van der Waals surface area contributed by atoms with Gasteiger partial charge in [-0.2, -0.15) is 0 Å².